The van der Waals surface area contributed by atoms with Gasteiger partial charge in [-0.15, -0.1) is 0 Å². The first-order chi connectivity index (χ1) is 13.9. The van der Waals surface area contributed by atoms with Crippen molar-refractivity contribution in [1.82, 2.24) is 10.2 Å². The van der Waals surface area contributed by atoms with Gasteiger partial charge in [-0.05, 0) is 68.1 Å². The Labute approximate surface area is 171 Å². The summed E-state index contributed by atoms with van der Waals surface area (Å²) < 4.78 is 10.7. The zero-order valence-corrected chi connectivity index (χ0v) is 17.5. The molecule has 1 N–H and O–H groups in total. The van der Waals surface area contributed by atoms with Crippen molar-refractivity contribution in [1.29, 1.82) is 0 Å². The summed E-state index contributed by atoms with van der Waals surface area (Å²) in [6, 6.07) is 11.3. The predicted octanol–water partition coefficient (Wildman–Crippen LogP) is 3.24. The molecule has 1 aliphatic carbocycles. The number of rotatable bonds is 8. The molecule has 0 aromatic heterocycles. The van der Waals surface area contributed by atoms with Gasteiger partial charge in [-0.3, -0.25) is 9.59 Å². The van der Waals surface area contributed by atoms with E-state index in [4.69, 9.17) is 9.47 Å². The quantitative estimate of drug-likeness (QED) is 0.744. The topological polar surface area (TPSA) is 67.9 Å². The second-order valence-electron chi connectivity index (χ2n) is 7.41. The minimum absolute atomic E-state index is 0.0332. The highest BCUT2D eigenvalue weighted by atomic mass is 16.5. The van der Waals surface area contributed by atoms with Gasteiger partial charge in [-0.1, -0.05) is 6.07 Å². The number of nitrogens with zero attached hydrogens (tertiary/aromatic N) is 1. The highest BCUT2D eigenvalue weighted by Gasteiger charge is 2.33. The molecular weight excluding hydrogens is 368 g/mol. The first kappa shape index (κ1) is 20.7. The number of hydrogen-bond acceptors (Lipinski definition) is 4. The molecule has 0 bridgehead atoms. The van der Waals surface area contributed by atoms with Crippen molar-refractivity contribution in [2.45, 2.75) is 39.3 Å². The Morgan fingerprint density at radius 2 is 1.79 bits per heavy atom. The third-order valence-corrected chi connectivity index (χ3v) is 5.31. The van der Waals surface area contributed by atoms with Gasteiger partial charge >= 0.3 is 0 Å². The fourth-order valence-corrected chi connectivity index (χ4v) is 3.24. The number of aryl methyl sites for hydroxylation is 2. The normalized spacial score (nSPS) is 13.0. The van der Waals surface area contributed by atoms with E-state index in [0.29, 0.717) is 23.6 Å². The van der Waals surface area contributed by atoms with Gasteiger partial charge in [0.15, 0.2) is 0 Å². The smallest absolute Gasteiger partial charge is 0.251 e. The van der Waals surface area contributed by atoms with Crippen molar-refractivity contribution >= 4 is 11.8 Å². The average molecular weight is 396 g/mol. The molecule has 1 fully saturated rings. The van der Waals surface area contributed by atoms with Crippen LogP contribution < -0.4 is 14.8 Å². The molecule has 6 nitrogen and oxygen atoms in total. The van der Waals surface area contributed by atoms with Crippen molar-refractivity contribution in [2.75, 3.05) is 20.8 Å². The molecule has 2 aromatic rings. The molecule has 0 atom stereocenters. The fraction of sp³-hybridized carbons (Fsp3) is 0.391. The molecule has 0 spiro atoms. The largest absolute Gasteiger partial charge is 0.497 e. The molecule has 0 aliphatic heterocycles. The number of amides is 2. The van der Waals surface area contributed by atoms with E-state index in [0.717, 1.165) is 29.5 Å². The Morgan fingerprint density at radius 1 is 1.03 bits per heavy atom. The van der Waals surface area contributed by atoms with E-state index >= 15 is 0 Å². The molecule has 2 aromatic carbocycles. The maximum Gasteiger partial charge on any atom is 0.251 e. The summed E-state index contributed by atoms with van der Waals surface area (Å²) in [6.07, 6.45) is 1.95. The predicted molar refractivity (Wildman–Crippen MR) is 111 cm³/mol. The fourth-order valence-electron chi connectivity index (χ4n) is 3.24. The van der Waals surface area contributed by atoms with E-state index in [1.807, 2.05) is 49.1 Å². The van der Waals surface area contributed by atoms with Crippen LogP contribution >= 0.6 is 0 Å². The molecule has 0 unspecified atom stereocenters. The Kier molecular flexibility index (Phi) is 6.42. The van der Waals surface area contributed by atoms with Crippen LogP contribution in [-0.4, -0.2) is 43.5 Å². The lowest BCUT2D eigenvalue weighted by Gasteiger charge is -2.24. The Bertz CT molecular complexity index is 906. The molecule has 0 radical (unpaired) electrons. The van der Waals surface area contributed by atoms with Gasteiger partial charge in [0.25, 0.3) is 5.91 Å². The zero-order valence-electron chi connectivity index (χ0n) is 17.5. The van der Waals surface area contributed by atoms with Gasteiger partial charge < -0.3 is 19.7 Å². The Hall–Kier alpha value is -3.02. The molecule has 154 valence electrons. The van der Waals surface area contributed by atoms with Gasteiger partial charge in [-0.25, -0.2) is 0 Å². The number of nitrogens with one attached hydrogen (secondary N) is 1. The summed E-state index contributed by atoms with van der Waals surface area (Å²) >= 11 is 0. The molecule has 2 amide bonds. The van der Waals surface area contributed by atoms with Crippen LogP contribution in [0.3, 0.4) is 0 Å². The number of hydrogen-bond donors (Lipinski definition) is 1. The van der Waals surface area contributed by atoms with Crippen molar-refractivity contribution in [3.8, 4) is 11.5 Å². The maximum atomic E-state index is 12.9. The number of ether oxygens (including phenoxy) is 2. The van der Waals surface area contributed by atoms with Gasteiger partial charge in [-0.2, -0.15) is 0 Å². The standard InChI is InChI=1S/C23H28N2O4/c1-15-5-6-17(11-16(15)2)23(27)24-13-22(26)25(19-7-8-19)14-18-12-20(28-3)9-10-21(18)29-4/h5-6,9-12,19H,7-8,13-14H2,1-4H3,(H,24,27). The lowest BCUT2D eigenvalue weighted by molar-refractivity contribution is -0.131. The average Bonchev–Trinajstić information content (AvgIpc) is 3.56. The van der Waals surface area contributed by atoms with Crippen molar-refractivity contribution in [3.05, 3.63) is 58.7 Å². The molecule has 0 saturated heterocycles. The van der Waals surface area contributed by atoms with Crippen LogP contribution in [0.15, 0.2) is 36.4 Å². The van der Waals surface area contributed by atoms with E-state index < -0.39 is 0 Å². The number of carbonyl (C=O) groups excluding carboxylic acids is 2. The van der Waals surface area contributed by atoms with Gasteiger partial charge in [0, 0.05) is 23.7 Å². The molecule has 3 rings (SSSR count). The number of methoxy groups -OCH3 is 2. The Morgan fingerprint density at radius 3 is 2.41 bits per heavy atom. The highest BCUT2D eigenvalue weighted by Crippen LogP contribution is 2.32. The van der Waals surface area contributed by atoms with Crippen LogP contribution in [0, 0.1) is 13.8 Å². The lowest BCUT2D eigenvalue weighted by Crippen LogP contribution is -2.41. The van der Waals surface area contributed by atoms with Crippen molar-refractivity contribution < 1.29 is 19.1 Å². The van der Waals surface area contributed by atoms with Crippen LogP contribution in [0.25, 0.3) is 0 Å². The van der Waals surface area contributed by atoms with E-state index in [9.17, 15) is 9.59 Å². The van der Waals surface area contributed by atoms with E-state index in [2.05, 4.69) is 5.32 Å². The minimum atomic E-state index is -0.240. The highest BCUT2D eigenvalue weighted by molar-refractivity contribution is 5.96. The van der Waals surface area contributed by atoms with Gasteiger partial charge in [0.1, 0.15) is 11.5 Å². The van der Waals surface area contributed by atoms with E-state index in [1.54, 1.807) is 20.3 Å². The third kappa shape index (κ3) is 5.08. The van der Waals surface area contributed by atoms with Crippen molar-refractivity contribution in [2.24, 2.45) is 0 Å². The van der Waals surface area contributed by atoms with Gasteiger partial charge in [0.05, 0.1) is 20.8 Å². The summed E-state index contributed by atoms with van der Waals surface area (Å²) in [6.45, 7) is 4.35. The molecular formula is C23H28N2O4. The summed E-state index contributed by atoms with van der Waals surface area (Å²) in [5, 5.41) is 2.76. The first-order valence-electron chi connectivity index (χ1n) is 9.78. The van der Waals surface area contributed by atoms with Crippen molar-refractivity contribution in [3.63, 3.8) is 0 Å². The molecule has 0 heterocycles. The first-order valence-corrected chi connectivity index (χ1v) is 9.78. The second kappa shape index (κ2) is 8.99. The molecule has 1 saturated carbocycles. The zero-order chi connectivity index (χ0) is 21.0. The number of carbonyl (C=O) groups is 2. The van der Waals surface area contributed by atoms with Crippen LogP contribution in [-0.2, 0) is 11.3 Å². The number of benzene rings is 2. The van der Waals surface area contributed by atoms with Crippen LogP contribution in [0.2, 0.25) is 0 Å². The van der Waals surface area contributed by atoms with Gasteiger partial charge in [0.2, 0.25) is 5.91 Å². The monoisotopic (exact) mass is 396 g/mol. The van der Waals surface area contributed by atoms with Crippen LogP contribution in [0.5, 0.6) is 11.5 Å². The summed E-state index contributed by atoms with van der Waals surface area (Å²) in [7, 11) is 3.22. The summed E-state index contributed by atoms with van der Waals surface area (Å²) in [5.41, 5.74) is 3.62. The molecule has 1 aliphatic rings. The summed E-state index contributed by atoms with van der Waals surface area (Å²) in [5.74, 6) is 1.08. The SMILES string of the molecule is COc1ccc(OC)c(CN(C(=O)CNC(=O)c2ccc(C)c(C)c2)C2CC2)c1. The van der Waals surface area contributed by atoms with Crippen LogP contribution in [0.4, 0.5) is 0 Å². The van der Waals surface area contributed by atoms with E-state index in [-0.39, 0.29) is 24.4 Å². The molecule has 29 heavy (non-hydrogen) atoms. The Balaban J connectivity index is 1.67. The third-order valence-electron chi connectivity index (χ3n) is 5.31. The molecule has 6 heteroatoms. The maximum absolute atomic E-state index is 12.9. The second-order valence-corrected chi connectivity index (χ2v) is 7.41. The van der Waals surface area contributed by atoms with E-state index in [1.165, 1.54) is 0 Å². The summed E-state index contributed by atoms with van der Waals surface area (Å²) in [4.78, 5) is 27.1. The van der Waals surface area contributed by atoms with Crippen LogP contribution in [0.1, 0.15) is 39.9 Å². The minimum Gasteiger partial charge on any atom is -0.497 e. The lowest BCUT2D eigenvalue weighted by atomic mass is 10.1.